The van der Waals surface area contributed by atoms with E-state index < -0.39 is 5.82 Å². The zero-order valence-electron chi connectivity index (χ0n) is 12.9. The summed E-state index contributed by atoms with van der Waals surface area (Å²) in [6.45, 7) is -0.0127. The Kier molecular flexibility index (Phi) is 4.78. The Hall–Kier alpha value is -2.44. The number of aromatic nitrogens is 2. The van der Waals surface area contributed by atoms with Crippen LogP contribution < -0.4 is 10.1 Å². The molecule has 124 valence electrons. The smallest absolute Gasteiger partial charge is 0.165 e. The molecule has 0 atom stereocenters. The van der Waals surface area contributed by atoms with Crippen molar-refractivity contribution in [1.29, 1.82) is 0 Å². The van der Waals surface area contributed by atoms with Crippen molar-refractivity contribution in [2.24, 2.45) is 0 Å². The molecule has 0 aliphatic heterocycles. The number of anilines is 2. The van der Waals surface area contributed by atoms with Crippen molar-refractivity contribution in [3.8, 4) is 5.75 Å². The number of halogens is 2. The molecule has 2 aromatic carbocycles. The number of methoxy groups -OCH3 is 1. The van der Waals surface area contributed by atoms with Gasteiger partial charge in [0.25, 0.3) is 0 Å². The molecule has 1 heterocycles. The van der Waals surface area contributed by atoms with E-state index in [2.05, 4.69) is 15.3 Å². The zero-order valence-corrected chi connectivity index (χ0v) is 13.6. The molecule has 5 nitrogen and oxygen atoms in total. The molecule has 0 amide bonds. The average molecular weight is 348 g/mol. The van der Waals surface area contributed by atoms with Crippen LogP contribution in [0.2, 0.25) is 5.02 Å². The second-order valence-corrected chi connectivity index (χ2v) is 5.51. The predicted molar refractivity (Wildman–Crippen MR) is 91.6 cm³/mol. The first kappa shape index (κ1) is 16.4. The van der Waals surface area contributed by atoms with E-state index in [1.807, 2.05) is 6.07 Å². The molecular formula is C17H15ClFN3O2. The molecule has 0 saturated heterocycles. The van der Waals surface area contributed by atoms with Gasteiger partial charge in [-0.25, -0.2) is 14.4 Å². The highest BCUT2D eigenvalue weighted by Gasteiger charge is 2.12. The summed E-state index contributed by atoms with van der Waals surface area (Å²) in [5.41, 5.74) is 1.69. The van der Waals surface area contributed by atoms with E-state index in [1.165, 1.54) is 12.4 Å². The first-order valence-corrected chi connectivity index (χ1v) is 7.65. The summed E-state index contributed by atoms with van der Waals surface area (Å²) in [6, 6.07) is 8.30. The molecule has 2 N–H and O–H groups in total. The van der Waals surface area contributed by atoms with E-state index in [-0.39, 0.29) is 17.3 Å². The van der Waals surface area contributed by atoms with Crippen molar-refractivity contribution in [3.63, 3.8) is 0 Å². The second kappa shape index (κ2) is 6.98. The number of hydrogen-bond acceptors (Lipinski definition) is 5. The third-order valence-corrected chi connectivity index (χ3v) is 3.92. The molecule has 7 heteroatoms. The lowest BCUT2D eigenvalue weighted by Crippen LogP contribution is -2.01. The molecule has 3 aromatic rings. The Morgan fingerprint density at radius 2 is 2.12 bits per heavy atom. The third-order valence-electron chi connectivity index (χ3n) is 3.62. The van der Waals surface area contributed by atoms with Gasteiger partial charge in [-0.05, 0) is 30.2 Å². The summed E-state index contributed by atoms with van der Waals surface area (Å²) in [5.74, 6) is 0.535. The number of ether oxygens (including phenoxy) is 1. The van der Waals surface area contributed by atoms with Crippen LogP contribution in [-0.4, -0.2) is 28.8 Å². The van der Waals surface area contributed by atoms with Crippen LogP contribution in [0.1, 0.15) is 5.56 Å². The van der Waals surface area contributed by atoms with Gasteiger partial charge in [0.05, 0.1) is 23.3 Å². The molecule has 3 rings (SSSR count). The number of aliphatic hydroxyl groups is 1. The molecule has 0 spiro atoms. The maximum Gasteiger partial charge on any atom is 0.165 e. The maximum atomic E-state index is 14.1. The molecule has 0 fully saturated rings. The van der Waals surface area contributed by atoms with Crippen LogP contribution in [0.5, 0.6) is 5.75 Å². The van der Waals surface area contributed by atoms with Crippen LogP contribution in [0.25, 0.3) is 10.9 Å². The fraction of sp³-hybridized carbons (Fsp3) is 0.176. The van der Waals surface area contributed by atoms with Gasteiger partial charge >= 0.3 is 0 Å². The minimum atomic E-state index is -0.546. The van der Waals surface area contributed by atoms with Crippen molar-refractivity contribution in [1.82, 2.24) is 9.97 Å². The van der Waals surface area contributed by atoms with Gasteiger partial charge in [-0.1, -0.05) is 17.7 Å². The van der Waals surface area contributed by atoms with E-state index >= 15 is 0 Å². The van der Waals surface area contributed by atoms with E-state index in [4.69, 9.17) is 16.3 Å². The van der Waals surface area contributed by atoms with E-state index in [1.54, 1.807) is 25.3 Å². The van der Waals surface area contributed by atoms with Crippen LogP contribution in [0.3, 0.4) is 0 Å². The minimum Gasteiger partial charge on any atom is -0.496 e. The molecule has 0 saturated carbocycles. The standard InChI is InChI=1S/C17H15ClFN3O2/c1-24-15-8-14-11(7-10(15)5-6-23)17(21-9-20-14)22-13-4-2-3-12(18)16(13)19/h2-4,7-9,23H,5-6H2,1H3,(H,20,21,22). The monoisotopic (exact) mass is 347 g/mol. The van der Waals surface area contributed by atoms with Crippen molar-refractivity contribution in [2.45, 2.75) is 6.42 Å². The molecular weight excluding hydrogens is 333 g/mol. The Morgan fingerprint density at radius 1 is 1.29 bits per heavy atom. The van der Waals surface area contributed by atoms with Crippen molar-refractivity contribution < 1.29 is 14.2 Å². The van der Waals surface area contributed by atoms with Gasteiger partial charge in [0, 0.05) is 18.1 Å². The maximum absolute atomic E-state index is 14.1. The van der Waals surface area contributed by atoms with Crippen LogP contribution in [0, 0.1) is 5.82 Å². The van der Waals surface area contributed by atoms with Gasteiger partial charge in [-0.3, -0.25) is 0 Å². The lowest BCUT2D eigenvalue weighted by molar-refractivity contribution is 0.297. The SMILES string of the molecule is COc1cc2ncnc(Nc3cccc(Cl)c3F)c2cc1CCO. The van der Waals surface area contributed by atoms with E-state index in [0.717, 1.165) is 5.56 Å². The van der Waals surface area contributed by atoms with Gasteiger partial charge in [-0.2, -0.15) is 0 Å². The molecule has 1 aromatic heterocycles. The normalized spacial score (nSPS) is 10.8. The quantitative estimate of drug-likeness (QED) is 0.736. The molecule has 0 aliphatic carbocycles. The summed E-state index contributed by atoms with van der Waals surface area (Å²) in [6.07, 6.45) is 1.82. The van der Waals surface area contributed by atoms with Crippen molar-refractivity contribution in [2.75, 3.05) is 19.0 Å². The van der Waals surface area contributed by atoms with Crippen LogP contribution >= 0.6 is 11.6 Å². The molecule has 0 unspecified atom stereocenters. The highest BCUT2D eigenvalue weighted by Crippen LogP contribution is 2.31. The topological polar surface area (TPSA) is 67.3 Å². The second-order valence-electron chi connectivity index (χ2n) is 5.10. The molecule has 24 heavy (non-hydrogen) atoms. The van der Waals surface area contributed by atoms with E-state index in [9.17, 15) is 9.50 Å². The number of fused-ring (bicyclic) bond motifs is 1. The largest absolute Gasteiger partial charge is 0.496 e. The number of rotatable bonds is 5. The summed E-state index contributed by atoms with van der Waals surface area (Å²) in [4.78, 5) is 8.41. The Morgan fingerprint density at radius 3 is 2.88 bits per heavy atom. The highest BCUT2D eigenvalue weighted by molar-refractivity contribution is 6.31. The van der Waals surface area contributed by atoms with Crippen molar-refractivity contribution >= 4 is 34.0 Å². The lowest BCUT2D eigenvalue weighted by Gasteiger charge is -2.13. The van der Waals surface area contributed by atoms with Gasteiger partial charge in [0.1, 0.15) is 17.9 Å². The molecule has 0 radical (unpaired) electrons. The van der Waals surface area contributed by atoms with Gasteiger partial charge < -0.3 is 15.2 Å². The third kappa shape index (κ3) is 3.11. The number of benzene rings is 2. The predicted octanol–water partition coefficient (Wildman–Crippen LogP) is 3.71. The summed E-state index contributed by atoms with van der Waals surface area (Å²) < 4.78 is 19.4. The summed E-state index contributed by atoms with van der Waals surface area (Å²) >= 11 is 5.81. The number of aliphatic hydroxyl groups excluding tert-OH is 1. The fourth-order valence-corrected chi connectivity index (χ4v) is 2.64. The van der Waals surface area contributed by atoms with Gasteiger partial charge in [0.15, 0.2) is 5.82 Å². The van der Waals surface area contributed by atoms with Gasteiger partial charge in [-0.15, -0.1) is 0 Å². The Labute approximate surface area is 143 Å². The highest BCUT2D eigenvalue weighted by atomic mass is 35.5. The fourth-order valence-electron chi connectivity index (χ4n) is 2.46. The van der Waals surface area contributed by atoms with E-state index in [0.29, 0.717) is 28.9 Å². The lowest BCUT2D eigenvalue weighted by atomic mass is 10.1. The van der Waals surface area contributed by atoms with Gasteiger partial charge in [0.2, 0.25) is 0 Å². The first-order valence-electron chi connectivity index (χ1n) is 7.27. The van der Waals surface area contributed by atoms with Crippen LogP contribution in [-0.2, 0) is 6.42 Å². The summed E-state index contributed by atoms with van der Waals surface area (Å²) in [5, 5.41) is 12.9. The number of hydrogen-bond donors (Lipinski definition) is 2. The molecule has 0 aliphatic rings. The Bertz CT molecular complexity index is 889. The Balaban J connectivity index is 2.10. The number of nitrogens with zero attached hydrogens (tertiary/aromatic N) is 2. The molecule has 0 bridgehead atoms. The minimum absolute atomic E-state index is 0.0127. The van der Waals surface area contributed by atoms with Crippen LogP contribution in [0.15, 0.2) is 36.7 Å². The summed E-state index contributed by atoms with van der Waals surface area (Å²) in [7, 11) is 1.56. The zero-order chi connectivity index (χ0) is 17.1. The van der Waals surface area contributed by atoms with Crippen molar-refractivity contribution in [3.05, 3.63) is 53.1 Å². The first-order chi connectivity index (χ1) is 11.6. The average Bonchev–Trinajstić information content (AvgIpc) is 2.59. The number of nitrogens with one attached hydrogen (secondary N) is 1. The van der Waals surface area contributed by atoms with Crippen LogP contribution in [0.4, 0.5) is 15.9 Å².